The van der Waals surface area contributed by atoms with Crippen LogP contribution in [-0.2, 0) is 28.5 Å². The second kappa shape index (κ2) is 25.4. The van der Waals surface area contributed by atoms with Crippen LogP contribution in [0.25, 0.3) is 0 Å². The highest BCUT2D eigenvalue weighted by atomic mass is 16.6. The molecule has 0 heterocycles. The summed E-state index contributed by atoms with van der Waals surface area (Å²) in [5.41, 5.74) is 2.21. The van der Waals surface area contributed by atoms with Gasteiger partial charge in [-0.3, -0.25) is 0 Å². The standard InChI is InChI=1S/C46H50N2O10/c1-7-8-9-10-11-12-13-15-36-20-24-40(25-21-36)54-30-42(32-56-44(50)34(4)5)58-46(52)48-28-38-17-14-16-37(26-38)27-47-45(51)57-41(31-55-43(49)33(2)3)29-53-39-22-18-35(6)19-23-39/h18-25,37-38,41-42H,2,4,14,16-17,26-32H2,1,3,5-6H3,(H,47,51)(H,48,52). The average Bonchev–Trinajstić information content (AvgIpc) is 3.21. The summed E-state index contributed by atoms with van der Waals surface area (Å²) in [6.45, 7) is 14.0. The van der Waals surface area contributed by atoms with Crippen LogP contribution in [0.3, 0.4) is 0 Å². The minimum absolute atomic E-state index is 0.0246. The summed E-state index contributed by atoms with van der Waals surface area (Å²) in [4.78, 5) is 49.8. The molecule has 1 aliphatic rings. The number of alkyl carbamates (subject to hydrolysis) is 2. The minimum atomic E-state index is -0.915. The molecule has 0 aliphatic heterocycles. The van der Waals surface area contributed by atoms with Gasteiger partial charge in [-0.25, -0.2) is 19.2 Å². The van der Waals surface area contributed by atoms with Gasteiger partial charge < -0.3 is 39.1 Å². The summed E-state index contributed by atoms with van der Waals surface area (Å²) in [5.74, 6) is 21.4. The molecule has 4 atom stereocenters. The molecule has 0 aromatic heterocycles. The Labute approximate surface area is 341 Å². The quantitative estimate of drug-likeness (QED) is 0.0790. The SMILES string of the molecule is C=C(C)C(=O)OCC(COc1ccc(C)cc1)OC(=O)NCC1CCCC(CNC(=O)OC(COC(=O)C(=C)C)COc2ccc(C#CC#CC#CC#CC)cc2)C1. The summed E-state index contributed by atoms with van der Waals surface area (Å²) >= 11 is 0. The number of aryl methyl sites for hydroxylation is 1. The lowest BCUT2D eigenvalue weighted by Gasteiger charge is -2.29. The van der Waals surface area contributed by atoms with E-state index >= 15 is 0 Å². The van der Waals surface area contributed by atoms with E-state index in [1.54, 1.807) is 43.3 Å². The second-order valence-corrected chi connectivity index (χ2v) is 13.6. The van der Waals surface area contributed by atoms with Crippen molar-refractivity contribution in [1.82, 2.24) is 10.6 Å². The summed E-state index contributed by atoms with van der Waals surface area (Å²) in [7, 11) is 0. The number of ether oxygens (including phenoxy) is 6. The van der Waals surface area contributed by atoms with Crippen LogP contribution in [0.1, 0.15) is 57.6 Å². The molecule has 1 fully saturated rings. The lowest BCUT2D eigenvalue weighted by atomic mass is 9.81. The molecule has 304 valence electrons. The Morgan fingerprint density at radius 3 is 1.59 bits per heavy atom. The van der Waals surface area contributed by atoms with Gasteiger partial charge in [0, 0.05) is 29.8 Å². The minimum Gasteiger partial charge on any atom is -0.490 e. The van der Waals surface area contributed by atoms with Crippen molar-refractivity contribution in [3.63, 3.8) is 0 Å². The van der Waals surface area contributed by atoms with E-state index in [4.69, 9.17) is 28.4 Å². The molecule has 2 N–H and O–H groups in total. The number of hydrogen-bond acceptors (Lipinski definition) is 10. The van der Waals surface area contributed by atoms with Crippen LogP contribution in [0.2, 0.25) is 0 Å². The molecule has 4 unspecified atom stereocenters. The topological polar surface area (TPSA) is 148 Å². The van der Waals surface area contributed by atoms with Gasteiger partial charge in [-0.15, -0.1) is 0 Å². The van der Waals surface area contributed by atoms with E-state index in [1.807, 2.05) is 19.1 Å². The predicted octanol–water partition coefficient (Wildman–Crippen LogP) is 6.07. The fourth-order valence-electron chi connectivity index (χ4n) is 5.37. The number of rotatable bonds is 18. The Morgan fingerprint density at radius 2 is 1.12 bits per heavy atom. The van der Waals surface area contributed by atoms with Crippen molar-refractivity contribution < 1.29 is 47.6 Å². The molecule has 1 aliphatic carbocycles. The molecule has 0 saturated heterocycles. The van der Waals surface area contributed by atoms with Crippen molar-refractivity contribution in [2.24, 2.45) is 11.8 Å². The zero-order chi connectivity index (χ0) is 42.1. The first-order valence-corrected chi connectivity index (χ1v) is 18.8. The summed E-state index contributed by atoms with van der Waals surface area (Å²) < 4.78 is 33.3. The molecule has 0 radical (unpaired) electrons. The number of benzene rings is 2. The van der Waals surface area contributed by atoms with E-state index in [9.17, 15) is 19.2 Å². The third-order valence-electron chi connectivity index (χ3n) is 8.40. The smallest absolute Gasteiger partial charge is 0.407 e. The highest BCUT2D eigenvalue weighted by molar-refractivity contribution is 5.87. The Kier molecular flexibility index (Phi) is 20.0. The fraction of sp³-hybridized carbons (Fsp3) is 0.391. The van der Waals surface area contributed by atoms with E-state index in [0.717, 1.165) is 31.2 Å². The van der Waals surface area contributed by atoms with Gasteiger partial charge in [0.25, 0.3) is 0 Å². The van der Waals surface area contributed by atoms with Gasteiger partial charge >= 0.3 is 24.1 Å². The third kappa shape index (κ3) is 18.7. The molecule has 2 aromatic carbocycles. The predicted molar refractivity (Wildman–Crippen MR) is 218 cm³/mol. The van der Waals surface area contributed by atoms with Crippen LogP contribution in [-0.4, -0.2) is 75.9 Å². The van der Waals surface area contributed by atoms with Crippen LogP contribution in [0, 0.1) is 66.1 Å². The van der Waals surface area contributed by atoms with Gasteiger partial charge in [0.15, 0.2) is 12.2 Å². The molecule has 58 heavy (non-hydrogen) atoms. The first-order valence-electron chi connectivity index (χ1n) is 18.8. The maximum atomic E-state index is 12.9. The summed E-state index contributed by atoms with van der Waals surface area (Å²) in [6, 6.07) is 14.3. The lowest BCUT2D eigenvalue weighted by Crippen LogP contribution is -2.40. The van der Waals surface area contributed by atoms with E-state index in [0.29, 0.717) is 30.2 Å². The number of esters is 2. The van der Waals surface area contributed by atoms with Crippen LogP contribution < -0.4 is 20.1 Å². The first-order chi connectivity index (χ1) is 27.9. The number of carbonyl (C=O) groups is 4. The molecule has 1 saturated carbocycles. The van der Waals surface area contributed by atoms with Gasteiger partial charge in [0.2, 0.25) is 0 Å². The Bertz CT molecular complexity index is 1990. The van der Waals surface area contributed by atoms with Gasteiger partial charge in [0.05, 0.1) is 0 Å². The van der Waals surface area contributed by atoms with Crippen molar-refractivity contribution in [3.8, 4) is 58.9 Å². The zero-order valence-corrected chi connectivity index (χ0v) is 33.5. The molecule has 2 amide bonds. The number of hydrogen-bond donors (Lipinski definition) is 2. The Morgan fingerprint density at radius 1 is 0.672 bits per heavy atom. The molecule has 12 heteroatoms. The van der Waals surface area contributed by atoms with Crippen LogP contribution in [0.4, 0.5) is 9.59 Å². The van der Waals surface area contributed by atoms with Crippen molar-refractivity contribution >= 4 is 24.1 Å². The van der Waals surface area contributed by atoms with Crippen molar-refractivity contribution in [1.29, 1.82) is 0 Å². The van der Waals surface area contributed by atoms with E-state index in [2.05, 4.69) is 71.2 Å². The molecule has 12 nitrogen and oxygen atoms in total. The average molecular weight is 791 g/mol. The molecule has 2 aromatic rings. The zero-order valence-electron chi connectivity index (χ0n) is 33.5. The largest absolute Gasteiger partial charge is 0.490 e. The molecule has 0 bridgehead atoms. The summed E-state index contributed by atoms with van der Waals surface area (Å²) in [6.07, 6.45) is 0.290. The normalized spacial score (nSPS) is 14.8. The van der Waals surface area contributed by atoms with E-state index in [-0.39, 0.29) is 49.4 Å². The van der Waals surface area contributed by atoms with Gasteiger partial charge in [-0.2, -0.15) is 0 Å². The highest BCUT2D eigenvalue weighted by Crippen LogP contribution is 2.28. The summed E-state index contributed by atoms with van der Waals surface area (Å²) in [5, 5.41) is 5.64. The third-order valence-corrected chi connectivity index (χ3v) is 8.40. The highest BCUT2D eigenvalue weighted by Gasteiger charge is 2.26. The Hall–Kier alpha value is -6.76. The van der Waals surface area contributed by atoms with Gasteiger partial charge in [-0.1, -0.05) is 49.1 Å². The van der Waals surface area contributed by atoms with E-state index < -0.39 is 36.3 Å². The monoisotopic (exact) mass is 790 g/mol. The molecule has 0 spiro atoms. The molecular weight excluding hydrogens is 741 g/mol. The van der Waals surface area contributed by atoms with Crippen LogP contribution in [0.15, 0.2) is 72.8 Å². The van der Waals surface area contributed by atoms with Crippen molar-refractivity contribution in [3.05, 3.63) is 84.0 Å². The number of carbonyl (C=O) groups excluding carboxylic acids is 4. The van der Waals surface area contributed by atoms with E-state index in [1.165, 1.54) is 13.8 Å². The second-order valence-electron chi connectivity index (χ2n) is 13.6. The fourth-order valence-corrected chi connectivity index (χ4v) is 5.37. The maximum Gasteiger partial charge on any atom is 0.407 e. The number of amides is 2. The molecular formula is C46H50N2O10. The first kappa shape index (κ1) is 45.6. The number of nitrogens with one attached hydrogen (secondary N) is 2. The van der Waals surface area contributed by atoms with Crippen LogP contribution >= 0.6 is 0 Å². The lowest BCUT2D eigenvalue weighted by molar-refractivity contribution is -0.143. The van der Waals surface area contributed by atoms with Gasteiger partial charge in [0.1, 0.15) is 37.9 Å². The van der Waals surface area contributed by atoms with Crippen LogP contribution in [0.5, 0.6) is 11.5 Å². The Balaban J connectivity index is 1.47. The van der Waals surface area contributed by atoms with Gasteiger partial charge in [-0.05, 0) is 131 Å². The maximum absolute atomic E-state index is 12.9. The van der Waals surface area contributed by atoms with Crippen molar-refractivity contribution in [2.75, 3.05) is 39.5 Å². The molecule has 3 rings (SSSR count). The van der Waals surface area contributed by atoms with Crippen molar-refractivity contribution in [2.45, 2.75) is 65.6 Å².